The zero-order valence-corrected chi connectivity index (χ0v) is 17.8. The van der Waals surface area contributed by atoms with Crippen LogP contribution in [0.25, 0.3) is 0 Å². The number of carbonyl (C=O) groups excluding carboxylic acids is 2. The normalized spacial score (nSPS) is 13.6. The van der Waals surface area contributed by atoms with E-state index >= 15 is 0 Å². The van der Waals surface area contributed by atoms with Crippen LogP contribution >= 0.6 is 0 Å². The van der Waals surface area contributed by atoms with E-state index < -0.39 is 17.4 Å². The maximum Gasteiger partial charge on any atom is 0.302 e. The Morgan fingerprint density at radius 1 is 1.21 bits per heavy atom. The molecule has 0 radical (unpaired) electrons. The van der Waals surface area contributed by atoms with Crippen molar-refractivity contribution in [1.29, 1.82) is 0 Å². The van der Waals surface area contributed by atoms with Crippen LogP contribution in [0.3, 0.4) is 0 Å². The number of fused-ring (bicyclic) bond motifs is 1. The number of aromatic nitrogens is 2. The van der Waals surface area contributed by atoms with Crippen LogP contribution in [0.4, 0.5) is 17.5 Å². The van der Waals surface area contributed by atoms with Gasteiger partial charge in [0.05, 0.1) is 36.7 Å². The van der Waals surface area contributed by atoms with E-state index in [1.54, 1.807) is 6.20 Å². The summed E-state index contributed by atoms with van der Waals surface area (Å²) in [5.41, 5.74) is 5.97. The average Bonchev–Trinajstić information content (AvgIpc) is 2.95. The molecule has 1 aromatic rings. The molecule has 0 saturated carbocycles. The van der Waals surface area contributed by atoms with Crippen molar-refractivity contribution in [2.75, 3.05) is 55.6 Å². The number of anilines is 3. The molecule has 0 amide bonds. The summed E-state index contributed by atoms with van der Waals surface area (Å²) in [4.78, 5) is 35.4. The predicted molar refractivity (Wildman–Crippen MR) is 108 cm³/mol. The monoisotopic (exact) mass is 409 g/mol. The summed E-state index contributed by atoms with van der Waals surface area (Å²) in [5.74, 6) is 0.166. The Balaban J connectivity index is 2.19. The van der Waals surface area contributed by atoms with Crippen molar-refractivity contribution in [2.45, 2.75) is 40.2 Å². The van der Waals surface area contributed by atoms with Gasteiger partial charge in [0, 0.05) is 27.4 Å². The fourth-order valence-electron chi connectivity index (χ4n) is 3.02. The second-order valence-corrected chi connectivity index (χ2v) is 7.71. The number of ether oxygens (including phenoxy) is 3. The summed E-state index contributed by atoms with van der Waals surface area (Å²) in [6.07, 6.45) is 2.23. The van der Waals surface area contributed by atoms with Gasteiger partial charge in [-0.2, -0.15) is 4.98 Å². The molecule has 0 fully saturated rings. The van der Waals surface area contributed by atoms with Gasteiger partial charge >= 0.3 is 11.9 Å². The van der Waals surface area contributed by atoms with E-state index in [2.05, 4.69) is 14.9 Å². The zero-order chi connectivity index (χ0) is 21.6. The van der Waals surface area contributed by atoms with Crippen molar-refractivity contribution in [3.05, 3.63) is 6.20 Å². The van der Waals surface area contributed by atoms with Crippen molar-refractivity contribution >= 4 is 29.4 Å². The summed E-state index contributed by atoms with van der Waals surface area (Å²) in [6.45, 7) is 8.22. The molecule has 162 valence electrons. The molecular weight excluding hydrogens is 378 g/mol. The molecule has 10 heteroatoms. The maximum absolute atomic E-state index is 11.5. The lowest BCUT2D eigenvalue weighted by Crippen LogP contribution is -2.42. The lowest BCUT2D eigenvalue weighted by molar-refractivity contribution is -0.156. The number of hydrogen-bond acceptors (Lipinski definition) is 10. The third-order valence-electron chi connectivity index (χ3n) is 4.66. The van der Waals surface area contributed by atoms with Crippen molar-refractivity contribution in [1.82, 2.24) is 9.97 Å². The summed E-state index contributed by atoms with van der Waals surface area (Å²) in [5, 5.41) is 0. The molecule has 1 aliphatic heterocycles. The minimum Gasteiger partial charge on any atom is -0.465 e. The Hall–Kier alpha value is -2.62. The van der Waals surface area contributed by atoms with Crippen LogP contribution in [0, 0.1) is 5.41 Å². The van der Waals surface area contributed by atoms with Crippen molar-refractivity contribution < 1.29 is 23.8 Å². The second-order valence-electron chi connectivity index (χ2n) is 7.71. The van der Waals surface area contributed by atoms with E-state index in [-0.39, 0.29) is 31.9 Å². The molecule has 2 heterocycles. The lowest BCUT2D eigenvalue weighted by Gasteiger charge is -2.34. The number of hydrogen-bond donors (Lipinski definition) is 1. The number of carbonyl (C=O) groups is 2. The first-order valence-corrected chi connectivity index (χ1v) is 9.59. The van der Waals surface area contributed by atoms with Crippen molar-refractivity contribution in [2.24, 2.45) is 5.41 Å². The van der Waals surface area contributed by atoms with E-state index in [0.717, 1.165) is 11.5 Å². The average molecular weight is 409 g/mol. The van der Waals surface area contributed by atoms with Gasteiger partial charge in [-0.05, 0) is 20.3 Å². The van der Waals surface area contributed by atoms with Gasteiger partial charge in [0.1, 0.15) is 13.2 Å². The summed E-state index contributed by atoms with van der Waals surface area (Å²) in [7, 11) is 1.95. The van der Waals surface area contributed by atoms with Gasteiger partial charge in [-0.3, -0.25) is 9.59 Å². The van der Waals surface area contributed by atoms with Gasteiger partial charge in [0.2, 0.25) is 5.95 Å². The minimum atomic E-state index is -0.679. The Labute approximate surface area is 171 Å². The smallest absolute Gasteiger partial charge is 0.302 e. The molecule has 0 saturated heterocycles. The van der Waals surface area contributed by atoms with Crippen LogP contribution < -0.4 is 15.5 Å². The van der Waals surface area contributed by atoms with E-state index in [1.165, 1.54) is 13.8 Å². The van der Waals surface area contributed by atoms with Crippen LogP contribution in [0.15, 0.2) is 6.20 Å². The number of nitrogens with zero attached hydrogens (tertiary/aromatic N) is 4. The molecule has 2 rings (SSSR count). The summed E-state index contributed by atoms with van der Waals surface area (Å²) < 4.78 is 16.5. The highest BCUT2D eigenvalue weighted by atomic mass is 16.6. The fourth-order valence-corrected chi connectivity index (χ4v) is 3.02. The van der Waals surface area contributed by atoms with Crippen LogP contribution in [0.5, 0.6) is 0 Å². The highest BCUT2D eigenvalue weighted by Crippen LogP contribution is 2.34. The first kappa shape index (κ1) is 22.7. The van der Waals surface area contributed by atoms with E-state index in [4.69, 9.17) is 19.9 Å². The topological polar surface area (TPSA) is 120 Å². The molecular formula is C19H31N5O5. The first-order valence-electron chi connectivity index (χ1n) is 9.59. The minimum absolute atomic E-state index is 0.0183. The standard InChI is InChI=1S/C19H31N5O5/c1-13(2)27-9-19(10-28-14(3)25,11-29-15(4)26)6-7-24-12-23(5)16-8-21-18(20)22-17(16)24/h8,13H,6-7,9-12H2,1-5H3,(H2,20,21,22). The molecule has 0 atom stereocenters. The van der Waals surface area contributed by atoms with Gasteiger partial charge in [-0.1, -0.05) is 0 Å². The van der Waals surface area contributed by atoms with Gasteiger partial charge in [-0.25, -0.2) is 4.98 Å². The van der Waals surface area contributed by atoms with Crippen LogP contribution in [0.2, 0.25) is 0 Å². The Morgan fingerprint density at radius 2 is 1.83 bits per heavy atom. The van der Waals surface area contributed by atoms with Crippen LogP contribution in [-0.2, 0) is 23.8 Å². The van der Waals surface area contributed by atoms with Gasteiger partial charge < -0.3 is 29.7 Å². The third-order valence-corrected chi connectivity index (χ3v) is 4.66. The predicted octanol–water partition coefficient (Wildman–Crippen LogP) is 1.20. The molecule has 0 unspecified atom stereocenters. The molecule has 1 aliphatic rings. The highest BCUT2D eigenvalue weighted by molar-refractivity contribution is 5.72. The van der Waals surface area contributed by atoms with Crippen LogP contribution in [-0.4, -0.2) is 68.1 Å². The molecule has 0 bridgehead atoms. The first-order chi connectivity index (χ1) is 13.6. The van der Waals surface area contributed by atoms with Crippen LogP contribution in [0.1, 0.15) is 34.1 Å². The molecule has 0 spiro atoms. The van der Waals surface area contributed by atoms with Gasteiger partial charge in [0.15, 0.2) is 5.82 Å². The number of rotatable bonds is 10. The molecule has 2 N–H and O–H groups in total. The maximum atomic E-state index is 11.5. The fraction of sp³-hybridized carbons (Fsp3) is 0.684. The number of esters is 2. The summed E-state index contributed by atoms with van der Waals surface area (Å²) >= 11 is 0. The Kier molecular flexibility index (Phi) is 7.60. The number of nitrogens with two attached hydrogens (primary N) is 1. The highest BCUT2D eigenvalue weighted by Gasteiger charge is 2.36. The zero-order valence-electron chi connectivity index (χ0n) is 17.8. The SMILES string of the molecule is CC(=O)OCC(CCN1CN(C)c2cnc(N)nc21)(COC(C)=O)COC(C)C. The molecule has 0 aliphatic carbocycles. The molecule has 10 nitrogen and oxygen atoms in total. The Morgan fingerprint density at radius 3 is 2.38 bits per heavy atom. The summed E-state index contributed by atoms with van der Waals surface area (Å²) in [6, 6.07) is 0. The molecule has 29 heavy (non-hydrogen) atoms. The quantitative estimate of drug-likeness (QED) is 0.564. The lowest BCUT2D eigenvalue weighted by atomic mass is 9.86. The Bertz CT molecular complexity index is 709. The van der Waals surface area contributed by atoms with Crippen molar-refractivity contribution in [3.8, 4) is 0 Å². The second kappa shape index (κ2) is 9.73. The van der Waals surface area contributed by atoms with E-state index in [0.29, 0.717) is 19.6 Å². The molecule has 1 aromatic heterocycles. The number of nitrogen functional groups attached to an aromatic ring is 1. The van der Waals surface area contributed by atoms with E-state index in [1.807, 2.05) is 25.8 Å². The largest absolute Gasteiger partial charge is 0.465 e. The van der Waals surface area contributed by atoms with Crippen molar-refractivity contribution in [3.63, 3.8) is 0 Å². The van der Waals surface area contributed by atoms with Gasteiger partial charge in [0.25, 0.3) is 0 Å². The van der Waals surface area contributed by atoms with E-state index in [9.17, 15) is 9.59 Å². The molecule has 0 aromatic carbocycles. The third kappa shape index (κ3) is 6.45. The van der Waals surface area contributed by atoms with Gasteiger partial charge in [-0.15, -0.1) is 0 Å².